The number of hydrogen-bond acceptors (Lipinski definition) is 5. The zero-order valence-corrected chi connectivity index (χ0v) is 17.2. The molecule has 2 aromatic carbocycles. The summed E-state index contributed by atoms with van der Waals surface area (Å²) in [7, 11) is -3.90. The SMILES string of the molecule is C[C@H](C(=O)N[C@H](C)c1ccc2c(c1)OCCO2)N(c1ccccc1F)S(C)(=O)=O. The van der Waals surface area contributed by atoms with E-state index in [4.69, 9.17) is 9.47 Å². The summed E-state index contributed by atoms with van der Waals surface area (Å²) < 4.78 is 50.6. The summed E-state index contributed by atoms with van der Waals surface area (Å²) in [5.74, 6) is -0.0553. The normalized spacial score (nSPS) is 15.3. The molecule has 0 fully saturated rings. The minimum Gasteiger partial charge on any atom is -0.486 e. The number of halogens is 1. The van der Waals surface area contributed by atoms with E-state index in [1.165, 1.54) is 25.1 Å². The molecule has 29 heavy (non-hydrogen) atoms. The van der Waals surface area contributed by atoms with Crippen molar-refractivity contribution in [2.24, 2.45) is 0 Å². The van der Waals surface area contributed by atoms with E-state index in [0.29, 0.717) is 24.7 Å². The molecule has 1 heterocycles. The lowest BCUT2D eigenvalue weighted by Crippen LogP contribution is -2.48. The first-order valence-corrected chi connectivity index (χ1v) is 11.0. The molecule has 2 aromatic rings. The average Bonchev–Trinajstić information content (AvgIpc) is 2.68. The number of hydrogen-bond donors (Lipinski definition) is 1. The number of fused-ring (bicyclic) bond motifs is 1. The van der Waals surface area contributed by atoms with Gasteiger partial charge in [0.05, 0.1) is 18.0 Å². The number of para-hydroxylation sites is 1. The van der Waals surface area contributed by atoms with Crippen LogP contribution in [0.4, 0.5) is 10.1 Å². The van der Waals surface area contributed by atoms with Crippen molar-refractivity contribution in [3.8, 4) is 11.5 Å². The standard InChI is InChI=1S/C20H23FN2O5S/c1-13(15-8-9-18-19(12-15)28-11-10-27-18)22-20(24)14(2)23(29(3,25)26)17-7-5-4-6-16(17)21/h4-9,12-14H,10-11H2,1-3H3,(H,22,24)/t13-,14-/m1/s1. The van der Waals surface area contributed by atoms with Crippen molar-refractivity contribution < 1.29 is 27.1 Å². The minimum atomic E-state index is -3.90. The highest BCUT2D eigenvalue weighted by molar-refractivity contribution is 7.92. The molecule has 0 unspecified atom stereocenters. The molecule has 1 aliphatic heterocycles. The van der Waals surface area contributed by atoms with Gasteiger partial charge in [0.2, 0.25) is 15.9 Å². The fourth-order valence-electron chi connectivity index (χ4n) is 3.16. The summed E-state index contributed by atoms with van der Waals surface area (Å²) in [5.41, 5.74) is 0.594. The Balaban J connectivity index is 1.80. The van der Waals surface area contributed by atoms with E-state index in [1.807, 2.05) is 0 Å². The number of nitrogens with zero attached hydrogens (tertiary/aromatic N) is 1. The molecule has 9 heteroatoms. The third-order valence-electron chi connectivity index (χ3n) is 4.60. The highest BCUT2D eigenvalue weighted by Gasteiger charge is 2.31. The predicted molar refractivity (Wildman–Crippen MR) is 107 cm³/mol. The van der Waals surface area contributed by atoms with Crippen LogP contribution in [0.25, 0.3) is 0 Å². The van der Waals surface area contributed by atoms with E-state index in [9.17, 15) is 17.6 Å². The van der Waals surface area contributed by atoms with Crippen LogP contribution in [0.1, 0.15) is 25.5 Å². The van der Waals surface area contributed by atoms with Crippen LogP contribution in [-0.4, -0.2) is 39.8 Å². The maximum atomic E-state index is 14.2. The maximum absolute atomic E-state index is 14.2. The molecular weight excluding hydrogens is 399 g/mol. The summed E-state index contributed by atoms with van der Waals surface area (Å²) in [6.07, 6.45) is 0.938. The average molecular weight is 422 g/mol. The predicted octanol–water partition coefficient (Wildman–Crippen LogP) is 2.63. The number of carbonyl (C=O) groups excluding carboxylic acids is 1. The molecule has 0 aliphatic carbocycles. The van der Waals surface area contributed by atoms with Crippen molar-refractivity contribution in [3.05, 3.63) is 53.8 Å². The van der Waals surface area contributed by atoms with Gasteiger partial charge in [-0.2, -0.15) is 0 Å². The molecule has 0 saturated heterocycles. The largest absolute Gasteiger partial charge is 0.486 e. The molecule has 2 atom stereocenters. The van der Waals surface area contributed by atoms with Gasteiger partial charge in [-0.1, -0.05) is 18.2 Å². The van der Waals surface area contributed by atoms with Crippen molar-refractivity contribution in [2.75, 3.05) is 23.8 Å². The lowest BCUT2D eigenvalue weighted by Gasteiger charge is -2.29. The van der Waals surface area contributed by atoms with Gasteiger partial charge in [-0.05, 0) is 43.7 Å². The van der Waals surface area contributed by atoms with Crippen molar-refractivity contribution in [1.82, 2.24) is 5.32 Å². The number of amides is 1. The Hall–Kier alpha value is -2.81. The van der Waals surface area contributed by atoms with Crippen molar-refractivity contribution in [1.29, 1.82) is 0 Å². The summed E-state index contributed by atoms with van der Waals surface area (Å²) in [5, 5.41) is 2.78. The molecule has 1 aliphatic rings. The van der Waals surface area contributed by atoms with Gasteiger partial charge >= 0.3 is 0 Å². The van der Waals surface area contributed by atoms with Crippen LogP contribution in [0.15, 0.2) is 42.5 Å². The van der Waals surface area contributed by atoms with Gasteiger partial charge in [-0.15, -0.1) is 0 Å². The number of sulfonamides is 1. The number of carbonyl (C=O) groups is 1. The van der Waals surface area contributed by atoms with Crippen LogP contribution in [0, 0.1) is 5.82 Å². The van der Waals surface area contributed by atoms with Gasteiger partial charge in [-0.3, -0.25) is 9.10 Å². The van der Waals surface area contributed by atoms with Crippen molar-refractivity contribution in [3.63, 3.8) is 0 Å². The zero-order valence-electron chi connectivity index (χ0n) is 16.4. The lowest BCUT2D eigenvalue weighted by molar-refractivity contribution is -0.122. The molecule has 1 N–H and O–H groups in total. The monoisotopic (exact) mass is 422 g/mol. The number of rotatable bonds is 6. The molecule has 0 saturated carbocycles. The van der Waals surface area contributed by atoms with Gasteiger partial charge in [0.15, 0.2) is 11.5 Å². The summed E-state index contributed by atoms with van der Waals surface area (Å²) >= 11 is 0. The summed E-state index contributed by atoms with van der Waals surface area (Å²) in [6.45, 7) is 4.11. The van der Waals surface area contributed by atoms with E-state index in [2.05, 4.69) is 5.32 Å². The van der Waals surface area contributed by atoms with Gasteiger partial charge < -0.3 is 14.8 Å². The molecule has 156 valence electrons. The molecular formula is C20H23FN2O5S. The number of anilines is 1. The third-order valence-corrected chi connectivity index (χ3v) is 5.83. The van der Waals surface area contributed by atoms with Gasteiger partial charge in [0, 0.05) is 0 Å². The Morgan fingerprint density at radius 2 is 1.76 bits per heavy atom. The summed E-state index contributed by atoms with van der Waals surface area (Å²) in [4.78, 5) is 12.8. The van der Waals surface area contributed by atoms with E-state index < -0.39 is 33.8 Å². The number of benzene rings is 2. The first-order valence-electron chi connectivity index (χ1n) is 9.12. The summed E-state index contributed by atoms with van der Waals surface area (Å²) in [6, 6.07) is 9.19. The third kappa shape index (κ3) is 4.61. The molecule has 0 aromatic heterocycles. The Labute approximate surface area is 169 Å². The first-order chi connectivity index (χ1) is 13.7. The van der Waals surface area contributed by atoms with E-state index in [-0.39, 0.29) is 5.69 Å². The van der Waals surface area contributed by atoms with E-state index >= 15 is 0 Å². The molecule has 0 radical (unpaired) electrons. The second-order valence-corrected chi connectivity index (χ2v) is 8.68. The second-order valence-electron chi connectivity index (χ2n) is 6.82. The van der Waals surface area contributed by atoms with Gasteiger partial charge in [0.1, 0.15) is 25.1 Å². The molecule has 0 spiro atoms. The Kier molecular flexibility index (Phi) is 5.97. The molecule has 1 amide bonds. The van der Waals surface area contributed by atoms with Crippen LogP contribution >= 0.6 is 0 Å². The smallest absolute Gasteiger partial charge is 0.244 e. The lowest BCUT2D eigenvalue weighted by atomic mass is 10.1. The van der Waals surface area contributed by atoms with Crippen LogP contribution in [0.2, 0.25) is 0 Å². The van der Waals surface area contributed by atoms with Gasteiger partial charge in [-0.25, -0.2) is 12.8 Å². The molecule has 3 rings (SSSR count). The fraction of sp³-hybridized carbons (Fsp3) is 0.350. The van der Waals surface area contributed by atoms with Crippen LogP contribution in [0.5, 0.6) is 11.5 Å². The first kappa shape index (κ1) is 20.9. The second kappa shape index (κ2) is 8.28. The van der Waals surface area contributed by atoms with Crippen molar-refractivity contribution >= 4 is 21.6 Å². The van der Waals surface area contributed by atoms with Crippen molar-refractivity contribution in [2.45, 2.75) is 25.9 Å². The maximum Gasteiger partial charge on any atom is 0.244 e. The van der Waals surface area contributed by atoms with Gasteiger partial charge in [0.25, 0.3) is 0 Å². The Bertz CT molecular complexity index is 1010. The van der Waals surface area contributed by atoms with Crippen LogP contribution in [-0.2, 0) is 14.8 Å². The quantitative estimate of drug-likeness (QED) is 0.774. The Morgan fingerprint density at radius 3 is 2.41 bits per heavy atom. The highest BCUT2D eigenvalue weighted by Crippen LogP contribution is 2.32. The van der Waals surface area contributed by atoms with Crippen LogP contribution < -0.4 is 19.1 Å². The van der Waals surface area contributed by atoms with E-state index in [0.717, 1.165) is 22.2 Å². The fourth-order valence-corrected chi connectivity index (χ4v) is 4.33. The molecule has 0 bridgehead atoms. The number of ether oxygens (including phenoxy) is 2. The highest BCUT2D eigenvalue weighted by atomic mass is 32.2. The zero-order chi connectivity index (χ0) is 21.2. The Morgan fingerprint density at radius 1 is 1.10 bits per heavy atom. The van der Waals surface area contributed by atoms with Crippen LogP contribution in [0.3, 0.4) is 0 Å². The minimum absolute atomic E-state index is 0.176. The van der Waals surface area contributed by atoms with E-state index in [1.54, 1.807) is 25.1 Å². The topological polar surface area (TPSA) is 84.9 Å². The molecule has 7 nitrogen and oxygen atoms in total. The number of nitrogens with one attached hydrogen (secondary N) is 1.